The quantitative estimate of drug-likeness (QED) is 0.907. The van der Waals surface area contributed by atoms with Gasteiger partial charge in [0.15, 0.2) is 0 Å². The molecule has 1 fully saturated rings. The Morgan fingerprint density at radius 2 is 2.05 bits per heavy atom. The molecule has 0 aliphatic heterocycles. The molecule has 4 heteroatoms. The fourth-order valence-electron chi connectivity index (χ4n) is 3.15. The second kappa shape index (κ2) is 6.33. The topological polar surface area (TPSA) is 47.0 Å². The first kappa shape index (κ1) is 14.3. The van der Waals surface area contributed by atoms with E-state index >= 15 is 0 Å². The standard InChI is InChI=1S/C15H25N3O/c1-10-5-6-12(7-11(10)2)15(16-3)13-8-14(19-4)18-9-17-13/h8-12,15-16H,5-7H2,1-4H3. The SMILES string of the molecule is CNC(c1cc(OC)ncn1)C1CCC(C)C(C)C1. The molecule has 4 nitrogen and oxygen atoms in total. The van der Waals surface area contributed by atoms with Gasteiger partial charge < -0.3 is 10.1 Å². The Morgan fingerprint density at radius 3 is 2.68 bits per heavy atom. The molecule has 4 unspecified atom stereocenters. The predicted octanol–water partition coefficient (Wildman–Crippen LogP) is 2.82. The Balaban J connectivity index is 2.15. The van der Waals surface area contributed by atoms with Crippen LogP contribution in [-0.4, -0.2) is 24.1 Å². The molecule has 0 amide bonds. The van der Waals surface area contributed by atoms with Gasteiger partial charge in [-0.15, -0.1) is 0 Å². The molecule has 1 aliphatic rings. The van der Waals surface area contributed by atoms with Crippen molar-refractivity contribution in [1.82, 2.24) is 15.3 Å². The van der Waals surface area contributed by atoms with E-state index in [9.17, 15) is 0 Å². The minimum absolute atomic E-state index is 0.298. The van der Waals surface area contributed by atoms with Crippen LogP contribution in [0.4, 0.5) is 0 Å². The van der Waals surface area contributed by atoms with Crippen LogP contribution >= 0.6 is 0 Å². The molecule has 106 valence electrons. The van der Waals surface area contributed by atoms with Crippen LogP contribution in [0.3, 0.4) is 0 Å². The number of nitrogens with one attached hydrogen (secondary N) is 1. The van der Waals surface area contributed by atoms with Crippen molar-refractivity contribution in [2.75, 3.05) is 14.2 Å². The maximum Gasteiger partial charge on any atom is 0.216 e. The molecule has 4 atom stereocenters. The number of methoxy groups -OCH3 is 1. The van der Waals surface area contributed by atoms with Crippen LogP contribution in [0, 0.1) is 17.8 Å². The van der Waals surface area contributed by atoms with Gasteiger partial charge in [-0.3, -0.25) is 0 Å². The lowest BCUT2D eigenvalue weighted by Gasteiger charge is -2.36. The Labute approximate surface area is 116 Å². The van der Waals surface area contributed by atoms with Gasteiger partial charge in [-0.05, 0) is 37.6 Å². The molecule has 19 heavy (non-hydrogen) atoms. The molecule has 1 aromatic rings. The number of hydrogen-bond donors (Lipinski definition) is 1. The third kappa shape index (κ3) is 3.24. The second-order valence-electron chi connectivity index (χ2n) is 5.78. The predicted molar refractivity (Wildman–Crippen MR) is 76.1 cm³/mol. The van der Waals surface area contributed by atoms with E-state index in [0.29, 0.717) is 17.8 Å². The average molecular weight is 263 g/mol. The molecule has 1 aliphatic carbocycles. The normalized spacial score (nSPS) is 28.9. The fourth-order valence-corrected chi connectivity index (χ4v) is 3.15. The number of nitrogens with zero attached hydrogens (tertiary/aromatic N) is 2. The first-order valence-electron chi connectivity index (χ1n) is 7.19. The zero-order valence-electron chi connectivity index (χ0n) is 12.4. The average Bonchev–Trinajstić information content (AvgIpc) is 2.44. The van der Waals surface area contributed by atoms with E-state index in [1.807, 2.05) is 13.1 Å². The summed E-state index contributed by atoms with van der Waals surface area (Å²) >= 11 is 0. The van der Waals surface area contributed by atoms with Crippen LogP contribution in [0.1, 0.15) is 44.8 Å². The van der Waals surface area contributed by atoms with E-state index in [0.717, 1.165) is 17.5 Å². The Hall–Kier alpha value is -1.16. The third-order valence-corrected chi connectivity index (χ3v) is 4.61. The molecular weight excluding hydrogens is 238 g/mol. The molecule has 0 aromatic carbocycles. The van der Waals surface area contributed by atoms with Crippen LogP contribution < -0.4 is 10.1 Å². The Kier molecular flexibility index (Phi) is 4.75. The van der Waals surface area contributed by atoms with E-state index in [2.05, 4.69) is 29.1 Å². The van der Waals surface area contributed by atoms with Crippen molar-refractivity contribution in [3.8, 4) is 5.88 Å². The van der Waals surface area contributed by atoms with Gasteiger partial charge in [-0.2, -0.15) is 0 Å². The van der Waals surface area contributed by atoms with Crippen molar-refractivity contribution in [2.45, 2.75) is 39.2 Å². The van der Waals surface area contributed by atoms with E-state index in [-0.39, 0.29) is 0 Å². The van der Waals surface area contributed by atoms with E-state index in [1.165, 1.54) is 19.3 Å². The van der Waals surface area contributed by atoms with Crippen molar-refractivity contribution in [1.29, 1.82) is 0 Å². The zero-order valence-corrected chi connectivity index (χ0v) is 12.4. The van der Waals surface area contributed by atoms with Gasteiger partial charge >= 0.3 is 0 Å². The van der Waals surface area contributed by atoms with Gasteiger partial charge in [0.25, 0.3) is 0 Å². The molecule has 0 bridgehead atoms. The summed E-state index contributed by atoms with van der Waals surface area (Å²) in [6.45, 7) is 4.73. The Morgan fingerprint density at radius 1 is 1.26 bits per heavy atom. The van der Waals surface area contributed by atoms with Gasteiger partial charge in [-0.25, -0.2) is 9.97 Å². The fraction of sp³-hybridized carbons (Fsp3) is 0.733. The van der Waals surface area contributed by atoms with Gasteiger partial charge in [0.05, 0.1) is 18.8 Å². The van der Waals surface area contributed by atoms with Crippen LogP contribution in [0.25, 0.3) is 0 Å². The molecule has 1 aromatic heterocycles. The van der Waals surface area contributed by atoms with E-state index < -0.39 is 0 Å². The minimum Gasteiger partial charge on any atom is -0.481 e. The van der Waals surface area contributed by atoms with Crippen LogP contribution in [0.2, 0.25) is 0 Å². The molecule has 1 heterocycles. The highest BCUT2D eigenvalue weighted by atomic mass is 16.5. The summed E-state index contributed by atoms with van der Waals surface area (Å²) in [6.07, 6.45) is 5.43. The maximum atomic E-state index is 5.20. The van der Waals surface area contributed by atoms with Crippen molar-refractivity contribution >= 4 is 0 Å². The van der Waals surface area contributed by atoms with Crippen molar-refractivity contribution < 1.29 is 4.74 Å². The highest BCUT2D eigenvalue weighted by Gasteiger charge is 2.31. The molecular formula is C15H25N3O. The van der Waals surface area contributed by atoms with Crippen molar-refractivity contribution in [2.24, 2.45) is 17.8 Å². The lowest BCUT2D eigenvalue weighted by atomic mass is 9.72. The summed E-state index contributed by atoms with van der Waals surface area (Å²) in [5.74, 6) is 2.92. The van der Waals surface area contributed by atoms with Crippen LogP contribution in [0.15, 0.2) is 12.4 Å². The summed E-state index contributed by atoms with van der Waals surface area (Å²) in [5, 5.41) is 3.43. The lowest BCUT2D eigenvalue weighted by Crippen LogP contribution is -2.32. The third-order valence-electron chi connectivity index (χ3n) is 4.61. The molecule has 2 rings (SSSR count). The van der Waals surface area contributed by atoms with Gasteiger partial charge in [0.2, 0.25) is 5.88 Å². The smallest absolute Gasteiger partial charge is 0.216 e. The number of aromatic nitrogens is 2. The summed E-state index contributed by atoms with van der Waals surface area (Å²) in [5.41, 5.74) is 1.04. The zero-order chi connectivity index (χ0) is 13.8. The highest BCUT2D eigenvalue weighted by Crippen LogP contribution is 2.39. The number of hydrogen-bond acceptors (Lipinski definition) is 4. The summed E-state index contributed by atoms with van der Waals surface area (Å²) in [7, 11) is 3.66. The summed E-state index contributed by atoms with van der Waals surface area (Å²) < 4.78 is 5.20. The Bertz CT molecular complexity index is 410. The second-order valence-corrected chi connectivity index (χ2v) is 5.78. The van der Waals surface area contributed by atoms with Gasteiger partial charge in [0, 0.05) is 6.07 Å². The monoisotopic (exact) mass is 263 g/mol. The molecule has 0 saturated heterocycles. The van der Waals surface area contributed by atoms with Gasteiger partial charge in [-0.1, -0.05) is 20.3 Å². The lowest BCUT2D eigenvalue weighted by molar-refractivity contribution is 0.173. The van der Waals surface area contributed by atoms with Crippen molar-refractivity contribution in [3.63, 3.8) is 0 Å². The summed E-state index contributed by atoms with van der Waals surface area (Å²) in [4.78, 5) is 8.51. The first-order valence-corrected chi connectivity index (χ1v) is 7.19. The first-order chi connectivity index (χ1) is 9.15. The maximum absolute atomic E-state index is 5.20. The van der Waals surface area contributed by atoms with E-state index in [4.69, 9.17) is 4.74 Å². The largest absolute Gasteiger partial charge is 0.481 e. The van der Waals surface area contributed by atoms with Crippen LogP contribution in [0.5, 0.6) is 5.88 Å². The molecule has 1 N–H and O–H groups in total. The molecule has 0 radical (unpaired) electrons. The van der Waals surface area contributed by atoms with Crippen LogP contribution in [-0.2, 0) is 0 Å². The molecule has 0 spiro atoms. The molecule has 1 saturated carbocycles. The highest BCUT2D eigenvalue weighted by molar-refractivity contribution is 5.17. The van der Waals surface area contributed by atoms with E-state index in [1.54, 1.807) is 13.4 Å². The number of ether oxygens (including phenoxy) is 1. The van der Waals surface area contributed by atoms with Crippen molar-refractivity contribution in [3.05, 3.63) is 18.1 Å². The van der Waals surface area contributed by atoms with Gasteiger partial charge in [0.1, 0.15) is 6.33 Å². The number of rotatable bonds is 4. The summed E-state index contributed by atoms with van der Waals surface area (Å²) in [6, 6.07) is 2.25. The minimum atomic E-state index is 0.298.